The third-order valence-corrected chi connectivity index (χ3v) is 4.16. The van der Waals surface area contributed by atoms with Gasteiger partial charge in [-0.3, -0.25) is 4.79 Å². The molecule has 2 rings (SSSR count). The maximum absolute atomic E-state index is 12.7. The number of nitrogens with one attached hydrogen (secondary N) is 1. The number of hydrogen-bond donors (Lipinski definition) is 1. The van der Waals surface area contributed by atoms with Crippen molar-refractivity contribution in [3.63, 3.8) is 0 Å². The van der Waals surface area contributed by atoms with Crippen LogP contribution in [0.3, 0.4) is 0 Å². The van der Waals surface area contributed by atoms with Gasteiger partial charge in [-0.1, -0.05) is 12.2 Å². The molecule has 0 aliphatic carbocycles. The summed E-state index contributed by atoms with van der Waals surface area (Å²) in [6, 6.07) is 0.858. The van der Waals surface area contributed by atoms with Crippen molar-refractivity contribution in [2.45, 2.75) is 44.2 Å². The maximum Gasteiger partial charge on any atom is 0.226 e. The standard InChI is InChI=1S/C15H24N2O/c1-3-5-12(6-4-2)15(18)17-13-7-8-14(17)11-16-10-9-13/h3-4,12-14,16H,1-2,5-11H2. The van der Waals surface area contributed by atoms with Gasteiger partial charge in [0.2, 0.25) is 5.91 Å². The quantitative estimate of drug-likeness (QED) is 0.756. The number of allylic oxidation sites excluding steroid dienone is 2. The van der Waals surface area contributed by atoms with Crippen LogP contribution in [0.5, 0.6) is 0 Å². The SMILES string of the molecule is C=CCC(CC=C)C(=O)N1C2CCNCC1CC2. The average Bonchev–Trinajstić information content (AvgIpc) is 2.62. The Kier molecular flexibility index (Phi) is 4.59. The number of amides is 1. The number of carbonyl (C=O) groups is 1. The summed E-state index contributed by atoms with van der Waals surface area (Å²) < 4.78 is 0. The van der Waals surface area contributed by atoms with Gasteiger partial charge in [0.25, 0.3) is 0 Å². The van der Waals surface area contributed by atoms with Crippen LogP contribution in [0.25, 0.3) is 0 Å². The minimum absolute atomic E-state index is 0.0428. The van der Waals surface area contributed by atoms with Gasteiger partial charge in [0.1, 0.15) is 0 Å². The highest BCUT2D eigenvalue weighted by molar-refractivity contribution is 5.80. The van der Waals surface area contributed by atoms with Crippen molar-refractivity contribution in [2.75, 3.05) is 13.1 Å². The van der Waals surface area contributed by atoms with Crippen molar-refractivity contribution in [1.29, 1.82) is 0 Å². The first kappa shape index (κ1) is 13.3. The summed E-state index contributed by atoms with van der Waals surface area (Å²) in [7, 11) is 0. The smallest absolute Gasteiger partial charge is 0.226 e. The molecular weight excluding hydrogens is 224 g/mol. The first-order chi connectivity index (χ1) is 8.77. The minimum Gasteiger partial charge on any atom is -0.335 e. The lowest BCUT2D eigenvalue weighted by atomic mass is 9.98. The molecular formula is C15H24N2O. The summed E-state index contributed by atoms with van der Waals surface area (Å²) >= 11 is 0. The Balaban J connectivity index is 2.10. The molecule has 0 aromatic heterocycles. The molecule has 1 N–H and O–H groups in total. The van der Waals surface area contributed by atoms with Gasteiger partial charge in [-0.25, -0.2) is 0 Å². The van der Waals surface area contributed by atoms with Gasteiger partial charge in [0.05, 0.1) is 0 Å². The molecule has 3 heteroatoms. The molecule has 2 heterocycles. The van der Waals surface area contributed by atoms with Gasteiger partial charge >= 0.3 is 0 Å². The first-order valence-electron chi connectivity index (χ1n) is 7.02. The second kappa shape index (κ2) is 6.19. The summed E-state index contributed by atoms with van der Waals surface area (Å²) in [6.07, 6.45) is 8.64. The van der Waals surface area contributed by atoms with Crippen molar-refractivity contribution < 1.29 is 4.79 Å². The molecule has 2 unspecified atom stereocenters. The van der Waals surface area contributed by atoms with Gasteiger partial charge in [0.15, 0.2) is 0 Å². The fraction of sp³-hybridized carbons (Fsp3) is 0.667. The molecule has 100 valence electrons. The van der Waals surface area contributed by atoms with Crippen molar-refractivity contribution >= 4 is 5.91 Å². The Morgan fingerprint density at radius 3 is 2.56 bits per heavy atom. The molecule has 0 saturated carbocycles. The predicted molar refractivity (Wildman–Crippen MR) is 74.3 cm³/mol. The van der Waals surface area contributed by atoms with Crippen LogP contribution in [-0.4, -0.2) is 36.0 Å². The molecule has 0 aromatic rings. The topological polar surface area (TPSA) is 32.3 Å². The zero-order valence-corrected chi connectivity index (χ0v) is 11.1. The molecule has 0 spiro atoms. The van der Waals surface area contributed by atoms with Gasteiger partial charge in [-0.2, -0.15) is 0 Å². The van der Waals surface area contributed by atoms with Crippen LogP contribution >= 0.6 is 0 Å². The molecule has 2 aliphatic rings. The van der Waals surface area contributed by atoms with Crippen LogP contribution in [0.1, 0.15) is 32.1 Å². The van der Waals surface area contributed by atoms with Crippen molar-refractivity contribution in [2.24, 2.45) is 5.92 Å². The third kappa shape index (κ3) is 2.66. The van der Waals surface area contributed by atoms with Gasteiger partial charge in [-0.05, 0) is 38.6 Å². The third-order valence-electron chi connectivity index (χ3n) is 4.16. The summed E-state index contributed by atoms with van der Waals surface area (Å²) in [5.41, 5.74) is 0. The Morgan fingerprint density at radius 1 is 1.22 bits per heavy atom. The van der Waals surface area contributed by atoms with E-state index in [2.05, 4.69) is 23.4 Å². The Hall–Kier alpha value is -1.09. The molecule has 0 radical (unpaired) electrons. The monoisotopic (exact) mass is 248 g/mol. The van der Waals surface area contributed by atoms with Gasteiger partial charge < -0.3 is 10.2 Å². The molecule has 2 aliphatic heterocycles. The van der Waals surface area contributed by atoms with Crippen LogP contribution in [0.2, 0.25) is 0 Å². The van der Waals surface area contributed by atoms with Crippen molar-refractivity contribution in [3.8, 4) is 0 Å². The molecule has 2 saturated heterocycles. The highest BCUT2D eigenvalue weighted by Crippen LogP contribution is 2.30. The van der Waals surface area contributed by atoms with E-state index < -0.39 is 0 Å². The lowest BCUT2D eigenvalue weighted by molar-refractivity contribution is -0.138. The Morgan fingerprint density at radius 2 is 1.89 bits per heavy atom. The lowest BCUT2D eigenvalue weighted by Crippen LogP contribution is -2.45. The van der Waals surface area contributed by atoms with E-state index in [1.165, 1.54) is 6.42 Å². The number of rotatable bonds is 5. The summed E-state index contributed by atoms with van der Waals surface area (Å²) in [4.78, 5) is 14.9. The number of carbonyl (C=O) groups excluding carboxylic acids is 1. The van der Waals surface area contributed by atoms with Crippen molar-refractivity contribution in [1.82, 2.24) is 10.2 Å². The van der Waals surface area contributed by atoms with Crippen molar-refractivity contribution in [3.05, 3.63) is 25.3 Å². The van der Waals surface area contributed by atoms with E-state index in [0.717, 1.165) is 38.8 Å². The first-order valence-corrected chi connectivity index (χ1v) is 7.02. The summed E-state index contributed by atoms with van der Waals surface area (Å²) in [5, 5.41) is 3.43. The Bertz CT molecular complexity index is 302. The highest BCUT2D eigenvalue weighted by atomic mass is 16.2. The predicted octanol–water partition coefficient (Wildman–Crippen LogP) is 2.11. The Labute approximate surface area is 110 Å². The molecule has 3 nitrogen and oxygen atoms in total. The molecule has 0 aromatic carbocycles. The molecule has 2 fully saturated rings. The number of hydrogen-bond acceptors (Lipinski definition) is 2. The van der Waals surface area contributed by atoms with E-state index in [1.54, 1.807) is 0 Å². The van der Waals surface area contributed by atoms with Gasteiger partial charge in [-0.15, -0.1) is 13.2 Å². The van der Waals surface area contributed by atoms with Crippen LogP contribution in [0, 0.1) is 5.92 Å². The molecule has 2 atom stereocenters. The van der Waals surface area contributed by atoms with Crippen LogP contribution in [0.4, 0.5) is 0 Å². The lowest BCUT2D eigenvalue weighted by Gasteiger charge is -2.31. The summed E-state index contributed by atoms with van der Waals surface area (Å²) in [6.45, 7) is 9.53. The van der Waals surface area contributed by atoms with E-state index in [1.807, 2.05) is 12.2 Å². The molecule has 1 amide bonds. The maximum atomic E-state index is 12.7. The van der Waals surface area contributed by atoms with Crippen LogP contribution in [-0.2, 0) is 4.79 Å². The van der Waals surface area contributed by atoms with E-state index in [9.17, 15) is 4.79 Å². The zero-order chi connectivity index (χ0) is 13.0. The number of fused-ring (bicyclic) bond motifs is 2. The fourth-order valence-corrected chi connectivity index (χ4v) is 3.25. The largest absolute Gasteiger partial charge is 0.335 e. The van der Waals surface area contributed by atoms with Crippen LogP contribution in [0.15, 0.2) is 25.3 Å². The molecule has 2 bridgehead atoms. The summed E-state index contributed by atoms with van der Waals surface area (Å²) in [5.74, 6) is 0.354. The van der Waals surface area contributed by atoms with E-state index in [0.29, 0.717) is 18.0 Å². The minimum atomic E-state index is 0.0428. The average molecular weight is 248 g/mol. The van der Waals surface area contributed by atoms with E-state index in [4.69, 9.17) is 0 Å². The fourth-order valence-electron chi connectivity index (χ4n) is 3.25. The second-order valence-electron chi connectivity index (χ2n) is 5.37. The zero-order valence-electron chi connectivity index (χ0n) is 11.1. The molecule has 18 heavy (non-hydrogen) atoms. The van der Waals surface area contributed by atoms with E-state index in [-0.39, 0.29) is 5.92 Å². The van der Waals surface area contributed by atoms with Gasteiger partial charge in [0, 0.05) is 24.5 Å². The normalized spacial score (nSPS) is 27.1. The second-order valence-corrected chi connectivity index (χ2v) is 5.37. The number of nitrogens with zero attached hydrogens (tertiary/aromatic N) is 1. The highest BCUT2D eigenvalue weighted by Gasteiger charge is 2.39. The van der Waals surface area contributed by atoms with Crippen LogP contribution < -0.4 is 5.32 Å². The van der Waals surface area contributed by atoms with E-state index >= 15 is 0 Å².